The molecule has 23 nitrogen and oxygen atoms in total. The average molecular weight is 1200 g/mol. The molecule has 5 aliphatic heterocycles. The van der Waals surface area contributed by atoms with Gasteiger partial charge in [-0.3, -0.25) is 23.9 Å². The van der Waals surface area contributed by atoms with Crippen LogP contribution in [-0.4, -0.2) is 137 Å². The number of amides is 1. The molecule has 3 saturated heterocycles. The largest absolute Gasteiger partial charge is 0.505 e. The summed E-state index contributed by atoms with van der Waals surface area (Å²) in [5, 5.41) is 60.8. The average Bonchev–Trinajstić information content (AvgIpc) is 1.48. The lowest BCUT2D eigenvalue weighted by Gasteiger charge is -2.67. The summed E-state index contributed by atoms with van der Waals surface area (Å²) < 4.78 is 88.0. The van der Waals surface area contributed by atoms with E-state index in [9.17, 15) is 53.6 Å². The Labute approximate surface area is 489 Å². The highest BCUT2D eigenvalue weighted by molar-refractivity contribution is 5.97. The van der Waals surface area contributed by atoms with E-state index in [0.717, 1.165) is 18.2 Å². The molecule has 22 atom stereocenters. The Morgan fingerprint density at radius 2 is 1.51 bits per heavy atom. The van der Waals surface area contributed by atoms with Gasteiger partial charge in [-0.25, -0.2) is 18.4 Å². The van der Waals surface area contributed by atoms with Crippen LogP contribution in [0.25, 0.3) is 0 Å². The predicted molar refractivity (Wildman–Crippen MR) is 282 cm³/mol. The molecular formula is C61H64F2N4O19. The number of aromatic hydroxyl groups is 1. The molecule has 3 aromatic carbocycles. The van der Waals surface area contributed by atoms with Crippen molar-refractivity contribution in [3.05, 3.63) is 94.3 Å². The quantitative estimate of drug-likeness (QED) is 0.0799. The lowest BCUT2D eigenvalue weighted by molar-refractivity contribution is -0.286. The van der Waals surface area contributed by atoms with Gasteiger partial charge in [0.15, 0.2) is 34.3 Å². The van der Waals surface area contributed by atoms with Crippen LogP contribution in [0, 0.1) is 69.3 Å². The van der Waals surface area contributed by atoms with E-state index >= 15 is 4.39 Å². The number of hydrogen-bond acceptors (Lipinski definition) is 21. The van der Waals surface area contributed by atoms with Crippen LogP contribution in [0.1, 0.15) is 107 Å². The number of aryl methyl sites for hydroxylation is 1. The summed E-state index contributed by atoms with van der Waals surface area (Å²) in [6, 6.07) is 9.66. The van der Waals surface area contributed by atoms with E-state index in [1.165, 1.54) is 44.5 Å². The van der Waals surface area contributed by atoms with E-state index in [-0.39, 0.29) is 72.0 Å². The number of ether oxygens (including phenoxy) is 9. The molecule has 0 radical (unpaired) electrons. The molecule has 456 valence electrons. The van der Waals surface area contributed by atoms with Crippen molar-refractivity contribution in [1.29, 1.82) is 0 Å². The molecule has 6 heterocycles. The number of epoxide rings is 2. The van der Waals surface area contributed by atoms with Crippen molar-refractivity contribution in [3.8, 4) is 23.0 Å². The molecule has 5 aliphatic carbocycles. The summed E-state index contributed by atoms with van der Waals surface area (Å²) in [4.78, 5) is 81.7. The van der Waals surface area contributed by atoms with E-state index in [2.05, 4.69) is 15.6 Å². The molecular weight excluding hydrogens is 1130 g/mol. The minimum absolute atomic E-state index is 0.00139. The second kappa shape index (κ2) is 18.6. The highest BCUT2D eigenvalue weighted by Gasteiger charge is 2.93. The molecule has 0 bridgehead atoms. The zero-order valence-electron chi connectivity index (χ0n) is 48.0. The summed E-state index contributed by atoms with van der Waals surface area (Å²) in [7, 11) is 0. The third-order valence-corrected chi connectivity index (χ3v) is 21.9. The fraction of sp³-hybridized carbons (Fsp3) is 0.574. The summed E-state index contributed by atoms with van der Waals surface area (Å²) in [5.41, 5.74) is -7.56. The number of phenolic OH excluding ortho intramolecular Hbond substituents is 1. The fourth-order valence-electron chi connectivity index (χ4n) is 18.5. The summed E-state index contributed by atoms with van der Waals surface area (Å²) in [6.07, 6.45) is -6.74. The lowest BCUT2D eigenvalue weighted by Crippen LogP contribution is -2.77. The van der Waals surface area contributed by atoms with Gasteiger partial charge in [0.2, 0.25) is 11.7 Å². The van der Waals surface area contributed by atoms with Crippen molar-refractivity contribution in [2.24, 2.45) is 57.7 Å². The number of nitrogens with one attached hydrogen (secondary N) is 1. The first kappa shape index (κ1) is 56.5. The van der Waals surface area contributed by atoms with Gasteiger partial charge in [0, 0.05) is 80.0 Å². The topological polar surface area (TPSA) is 316 Å². The molecule has 4 aromatic rings. The number of hydrogen-bond donors (Lipinski definition) is 5. The van der Waals surface area contributed by atoms with Crippen LogP contribution in [-0.2, 0) is 75.9 Å². The van der Waals surface area contributed by atoms with Crippen LogP contribution < -0.4 is 14.8 Å². The highest BCUT2D eigenvalue weighted by Crippen LogP contribution is 2.81. The molecule has 2 unspecified atom stereocenters. The molecule has 5 N–H and O–H groups in total. The third-order valence-electron chi connectivity index (χ3n) is 21.9. The first-order valence-corrected chi connectivity index (χ1v) is 29.0. The van der Waals surface area contributed by atoms with E-state index in [1.807, 2.05) is 13.8 Å². The first-order chi connectivity index (χ1) is 40.6. The second-order valence-electron chi connectivity index (χ2n) is 26.0. The number of carbonyl (C=O) groups excluding carboxylic acids is 6. The Morgan fingerprint density at radius 1 is 0.826 bits per heavy atom. The van der Waals surface area contributed by atoms with Crippen molar-refractivity contribution in [3.63, 3.8) is 0 Å². The lowest BCUT2D eigenvalue weighted by atomic mass is 9.40. The standard InChI is InChI=1S/C61H64F2N4O19/c1-23-42-45(58(7)59(8,77)55(76)86-61(58)51(23)84-61)48(74)43-41-44(50(79-24(2)68)53(57(42,43)6)81-26(4)70)56(5)32(18-39-49(83-39)52(56)80-25(3)69)46(47(41)73)64-40(72)14-11-15-67-21-27(65-66-67)22-78-38-20-37-31(17-34(38)63)60(29-13-10-9-12-28(29)54(75)85-60)30-16-33(62)35(71)19-36(30)82-37/h9-10,12-13,16-17,19-21,23,32,39,41-53,71,73-74,77H,11,14-15,18,22H2,1-8H3,(H,64,72)/t23-,32+,39-,41-,42-,43+,44?,45-,46+,47+,48+,49-,50-,51+,52-,53-,56-,57+,58-,59+,60?,61-/m0/s1. The smallest absolute Gasteiger partial charge is 0.341 e. The molecule has 1 amide bonds. The van der Waals surface area contributed by atoms with Gasteiger partial charge in [0.1, 0.15) is 54.3 Å². The minimum atomic E-state index is -2.21. The first-order valence-electron chi connectivity index (χ1n) is 29.0. The van der Waals surface area contributed by atoms with E-state index < -0.39 is 183 Å². The number of nitrogens with zero attached hydrogens (tertiary/aromatic N) is 3. The number of benzene rings is 3. The number of aromatic nitrogens is 3. The van der Waals surface area contributed by atoms with Gasteiger partial charge in [-0.05, 0) is 68.6 Å². The maximum atomic E-state index is 16.2. The molecule has 5 saturated carbocycles. The zero-order valence-corrected chi connectivity index (χ0v) is 48.0. The fourth-order valence-corrected chi connectivity index (χ4v) is 18.5. The predicted octanol–water partition coefficient (Wildman–Crippen LogP) is 4.17. The van der Waals surface area contributed by atoms with Gasteiger partial charge in [0.05, 0.1) is 52.7 Å². The second-order valence-corrected chi connectivity index (χ2v) is 26.0. The van der Waals surface area contributed by atoms with Gasteiger partial charge in [-0.2, -0.15) is 0 Å². The van der Waals surface area contributed by atoms with Gasteiger partial charge in [-0.15, -0.1) is 5.10 Å². The summed E-state index contributed by atoms with van der Waals surface area (Å²) >= 11 is 0. The van der Waals surface area contributed by atoms with Gasteiger partial charge < -0.3 is 68.4 Å². The maximum Gasteiger partial charge on any atom is 0.341 e. The molecule has 25 heteroatoms. The van der Waals surface area contributed by atoms with Crippen molar-refractivity contribution in [1.82, 2.24) is 20.3 Å². The number of carbonyl (C=O) groups is 6. The SMILES string of the molecule is CC(=O)O[C@H]1C2[C@@H]([C@@H](O)[C@H](NC(=O)CCCn3cc(COc4cc5c(cc4F)C4(OC(=O)c6ccccc64)c4cc(F)c(O)cc4O5)nn3)[C@H]3C[C@@H]4O[C@@H]4[C@H](OC(C)=O)[C@]23C)[C@@H]2[C@@H](O)[C@@H]3[C@H]([C@H](C)[C@H]4O[C@]45OC(=O)[C@@](C)(O)[C@]35C)[C@@]2(C)[C@H]1OC(C)=O. The zero-order chi connectivity index (χ0) is 61.0. The molecule has 14 rings (SSSR count). The molecule has 10 aliphatic rings. The van der Waals surface area contributed by atoms with E-state index in [1.54, 1.807) is 38.2 Å². The third kappa shape index (κ3) is 7.34. The van der Waals surface area contributed by atoms with Crippen LogP contribution in [0.4, 0.5) is 8.78 Å². The Kier molecular flexibility index (Phi) is 12.2. The Hall–Kier alpha value is -7.32. The van der Waals surface area contributed by atoms with Crippen molar-refractivity contribution >= 4 is 35.8 Å². The van der Waals surface area contributed by atoms with Crippen LogP contribution in [0.5, 0.6) is 23.0 Å². The van der Waals surface area contributed by atoms with Crippen molar-refractivity contribution in [2.45, 2.75) is 160 Å². The van der Waals surface area contributed by atoms with Gasteiger partial charge in [0.25, 0.3) is 0 Å². The molecule has 86 heavy (non-hydrogen) atoms. The normalized spacial score (nSPS) is 41.7. The Balaban J connectivity index is 0.733. The number of phenols is 1. The number of rotatable bonds is 11. The number of fused-ring (bicyclic) bond motifs is 15. The molecule has 2 spiro atoms. The van der Waals surface area contributed by atoms with Gasteiger partial charge >= 0.3 is 29.8 Å². The van der Waals surface area contributed by atoms with Crippen molar-refractivity contribution < 1.29 is 101 Å². The number of aliphatic hydroxyl groups is 3. The van der Waals surface area contributed by atoms with Crippen LogP contribution >= 0.6 is 0 Å². The van der Waals surface area contributed by atoms with Crippen LogP contribution in [0.2, 0.25) is 0 Å². The Morgan fingerprint density at radius 3 is 2.23 bits per heavy atom. The summed E-state index contributed by atoms with van der Waals surface area (Å²) in [5.74, 6) is -15.2. The number of halogens is 2. The maximum absolute atomic E-state index is 16.2. The van der Waals surface area contributed by atoms with Crippen molar-refractivity contribution in [2.75, 3.05) is 0 Å². The van der Waals surface area contributed by atoms with Crippen LogP contribution in [0.3, 0.4) is 0 Å². The Bertz CT molecular complexity index is 3640. The molecule has 8 fully saturated rings. The van der Waals surface area contributed by atoms with E-state index in [0.29, 0.717) is 5.56 Å². The molecule has 1 aromatic heterocycles. The summed E-state index contributed by atoms with van der Waals surface area (Å²) in [6.45, 7) is 12.0. The minimum Gasteiger partial charge on any atom is -0.505 e. The highest BCUT2D eigenvalue weighted by atomic mass is 19.1. The van der Waals surface area contributed by atoms with Crippen LogP contribution in [0.15, 0.2) is 54.7 Å². The number of aliphatic hydroxyl groups excluding tert-OH is 2. The van der Waals surface area contributed by atoms with E-state index in [4.69, 9.17) is 42.6 Å². The number of esters is 5. The van der Waals surface area contributed by atoms with Gasteiger partial charge in [-0.1, -0.05) is 44.2 Å². The monoisotopic (exact) mass is 1190 g/mol.